The molecule has 0 aliphatic rings. The number of halogens is 2. The zero-order valence-electron chi connectivity index (χ0n) is 13.0. The molecule has 21 heavy (non-hydrogen) atoms. The van der Waals surface area contributed by atoms with Gasteiger partial charge < -0.3 is 10.4 Å². The predicted octanol–water partition coefficient (Wildman–Crippen LogP) is 3.11. The first kappa shape index (κ1) is 17.6. The van der Waals surface area contributed by atoms with Crippen molar-refractivity contribution in [3.05, 3.63) is 35.4 Å². The van der Waals surface area contributed by atoms with Gasteiger partial charge in [0.1, 0.15) is 17.2 Å². The fourth-order valence-electron chi connectivity index (χ4n) is 1.87. The molecule has 0 aliphatic carbocycles. The Morgan fingerprint density at radius 3 is 2.38 bits per heavy atom. The molecule has 1 aromatic carbocycles. The minimum Gasteiger partial charge on any atom is -0.383 e. The molecule has 0 spiro atoms. The third-order valence-electron chi connectivity index (χ3n) is 3.24. The first-order valence-corrected chi connectivity index (χ1v) is 6.96. The molecule has 1 atom stereocenters. The molecule has 0 radical (unpaired) electrons. The van der Waals surface area contributed by atoms with E-state index in [4.69, 9.17) is 0 Å². The molecule has 1 unspecified atom stereocenters. The van der Waals surface area contributed by atoms with Crippen LogP contribution in [0.1, 0.15) is 46.1 Å². The highest BCUT2D eigenvalue weighted by molar-refractivity contribution is 5.76. The van der Waals surface area contributed by atoms with E-state index >= 15 is 0 Å². The van der Waals surface area contributed by atoms with E-state index in [-0.39, 0.29) is 23.4 Å². The average Bonchev–Trinajstić information content (AvgIpc) is 2.32. The molecule has 0 saturated heterocycles. The zero-order valence-corrected chi connectivity index (χ0v) is 13.0. The number of amides is 1. The highest BCUT2D eigenvalue weighted by Gasteiger charge is 2.27. The van der Waals surface area contributed by atoms with Gasteiger partial charge in [-0.2, -0.15) is 0 Å². The summed E-state index contributed by atoms with van der Waals surface area (Å²) < 4.78 is 26.5. The van der Waals surface area contributed by atoms with Crippen LogP contribution >= 0.6 is 0 Å². The smallest absolute Gasteiger partial charge is 0.220 e. The third-order valence-corrected chi connectivity index (χ3v) is 3.24. The van der Waals surface area contributed by atoms with Crippen LogP contribution in [0.2, 0.25) is 0 Å². The summed E-state index contributed by atoms with van der Waals surface area (Å²) in [5, 5.41) is 12.8. The second-order valence-corrected chi connectivity index (χ2v) is 6.74. The molecule has 0 aromatic heterocycles. The molecule has 2 N–H and O–H groups in total. The van der Waals surface area contributed by atoms with Crippen LogP contribution in [0.15, 0.2) is 18.2 Å². The van der Waals surface area contributed by atoms with Crippen LogP contribution in [0.25, 0.3) is 0 Å². The SMILES string of the molecule is CC(C)(C)CCC(=O)NCC(C)(O)c1ccc(F)cc1F. The number of carbonyl (C=O) groups is 1. The number of hydrogen-bond acceptors (Lipinski definition) is 2. The molecular weight excluding hydrogens is 276 g/mol. The van der Waals surface area contributed by atoms with Gasteiger partial charge in [0.05, 0.1) is 6.54 Å². The van der Waals surface area contributed by atoms with Crippen LogP contribution in [0, 0.1) is 17.0 Å². The standard InChI is InChI=1S/C16H23F2NO2/c1-15(2,3)8-7-14(20)19-10-16(4,21)12-6-5-11(17)9-13(12)18/h5-6,9,21H,7-8,10H2,1-4H3,(H,19,20). The number of nitrogens with one attached hydrogen (secondary N) is 1. The van der Waals surface area contributed by atoms with Crippen molar-refractivity contribution >= 4 is 5.91 Å². The van der Waals surface area contributed by atoms with Gasteiger partial charge >= 0.3 is 0 Å². The summed E-state index contributed by atoms with van der Waals surface area (Å²) in [5.41, 5.74) is -1.59. The summed E-state index contributed by atoms with van der Waals surface area (Å²) in [6, 6.07) is 2.98. The molecule has 1 aromatic rings. The van der Waals surface area contributed by atoms with Gasteiger partial charge in [-0.15, -0.1) is 0 Å². The molecule has 0 heterocycles. The molecular formula is C16H23F2NO2. The Morgan fingerprint density at radius 2 is 1.86 bits per heavy atom. The Labute approximate surface area is 124 Å². The van der Waals surface area contributed by atoms with E-state index < -0.39 is 17.2 Å². The van der Waals surface area contributed by atoms with Gasteiger partial charge in [0.15, 0.2) is 0 Å². The first-order valence-electron chi connectivity index (χ1n) is 6.96. The Morgan fingerprint density at radius 1 is 1.24 bits per heavy atom. The fourth-order valence-corrected chi connectivity index (χ4v) is 1.87. The van der Waals surface area contributed by atoms with Gasteiger partial charge in [-0.25, -0.2) is 8.78 Å². The van der Waals surface area contributed by atoms with Gasteiger partial charge in [0.2, 0.25) is 5.91 Å². The predicted molar refractivity (Wildman–Crippen MR) is 77.6 cm³/mol. The van der Waals surface area contributed by atoms with E-state index in [2.05, 4.69) is 5.32 Å². The van der Waals surface area contributed by atoms with Crippen LogP contribution in [0.5, 0.6) is 0 Å². The molecule has 0 aliphatic heterocycles. The molecule has 5 heteroatoms. The summed E-state index contributed by atoms with van der Waals surface area (Å²) in [6.07, 6.45) is 1.05. The van der Waals surface area contributed by atoms with E-state index in [0.717, 1.165) is 6.07 Å². The minimum atomic E-state index is -1.59. The Bertz CT molecular complexity index is 507. The van der Waals surface area contributed by atoms with Crippen molar-refractivity contribution in [3.8, 4) is 0 Å². The molecule has 3 nitrogen and oxygen atoms in total. The lowest BCUT2D eigenvalue weighted by Crippen LogP contribution is -2.39. The van der Waals surface area contributed by atoms with E-state index in [1.165, 1.54) is 13.0 Å². The van der Waals surface area contributed by atoms with E-state index in [9.17, 15) is 18.7 Å². The van der Waals surface area contributed by atoms with Crippen molar-refractivity contribution in [1.29, 1.82) is 0 Å². The van der Waals surface area contributed by atoms with Gasteiger partial charge in [0.25, 0.3) is 0 Å². The summed E-state index contributed by atoms with van der Waals surface area (Å²) in [7, 11) is 0. The second kappa shape index (κ2) is 6.52. The Hall–Kier alpha value is -1.49. The van der Waals surface area contributed by atoms with Crippen molar-refractivity contribution in [2.45, 2.75) is 46.1 Å². The average molecular weight is 299 g/mol. The van der Waals surface area contributed by atoms with E-state index in [1.54, 1.807) is 0 Å². The molecule has 0 saturated carbocycles. The highest BCUT2D eigenvalue weighted by atomic mass is 19.1. The maximum absolute atomic E-state index is 13.7. The number of rotatable bonds is 5. The Kier molecular flexibility index (Phi) is 5.45. The summed E-state index contributed by atoms with van der Waals surface area (Å²) in [4.78, 5) is 11.7. The van der Waals surface area contributed by atoms with Crippen LogP contribution in [0.4, 0.5) is 8.78 Å². The lowest BCUT2D eigenvalue weighted by Gasteiger charge is -2.25. The lowest BCUT2D eigenvalue weighted by atomic mass is 9.90. The molecule has 1 amide bonds. The van der Waals surface area contributed by atoms with Crippen LogP contribution in [-0.2, 0) is 10.4 Å². The Balaban J connectivity index is 2.62. The molecule has 0 bridgehead atoms. The zero-order chi connectivity index (χ0) is 16.3. The summed E-state index contributed by atoms with van der Waals surface area (Å²) in [5.74, 6) is -1.74. The van der Waals surface area contributed by atoms with Gasteiger partial charge in [-0.1, -0.05) is 26.8 Å². The van der Waals surface area contributed by atoms with E-state index in [0.29, 0.717) is 18.9 Å². The molecule has 1 rings (SSSR count). The van der Waals surface area contributed by atoms with Gasteiger partial charge in [-0.05, 0) is 24.8 Å². The second-order valence-electron chi connectivity index (χ2n) is 6.74. The van der Waals surface area contributed by atoms with Crippen molar-refractivity contribution in [2.24, 2.45) is 5.41 Å². The number of hydrogen-bond donors (Lipinski definition) is 2. The number of carbonyl (C=O) groups excluding carboxylic acids is 1. The van der Waals surface area contributed by atoms with Crippen molar-refractivity contribution in [2.75, 3.05) is 6.54 Å². The lowest BCUT2D eigenvalue weighted by molar-refractivity contribution is -0.122. The van der Waals surface area contributed by atoms with Crippen LogP contribution < -0.4 is 5.32 Å². The van der Waals surface area contributed by atoms with Crippen molar-refractivity contribution in [3.63, 3.8) is 0 Å². The van der Waals surface area contributed by atoms with E-state index in [1.807, 2.05) is 20.8 Å². The number of aliphatic hydroxyl groups is 1. The van der Waals surface area contributed by atoms with Crippen molar-refractivity contribution in [1.82, 2.24) is 5.32 Å². The number of benzene rings is 1. The monoisotopic (exact) mass is 299 g/mol. The maximum atomic E-state index is 13.7. The fraction of sp³-hybridized carbons (Fsp3) is 0.562. The van der Waals surface area contributed by atoms with Crippen molar-refractivity contribution < 1.29 is 18.7 Å². The largest absolute Gasteiger partial charge is 0.383 e. The summed E-state index contributed by atoms with van der Waals surface area (Å²) >= 11 is 0. The normalized spacial score (nSPS) is 14.6. The topological polar surface area (TPSA) is 49.3 Å². The molecule has 118 valence electrons. The maximum Gasteiger partial charge on any atom is 0.220 e. The van der Waals surface area contributed by atoms with Gasteiger partial charge in [-0.3, -0.25) is 4.79 Å². The van der Waals surface area contributed by atoms with Crippen LogP contribution in [0.3, 0.4) is 0 Å². The minimum absolute atomic E-state index is 0.0416. The highest BCUT2D eigenvalue weighted by Crippen LogP contribution is 2.24. The first-order chi connectivity index (χ1) is 9.51. The quantitative estimate of drug-likeness (QED) is 0.877. The third kappa shape index (κ3) is 5.79. The van der Waals surface area contributed by atoms with Crippen LogP contribution in [-0.4, -0.2) is 17.6 Å². The summed E-state index contributed by atoms with van der Waals surface area (Å²) in [6.45, 7) is 7.35. The molecule has 0 fully saturated rings. The van der Waals surface area contributed by atoms with Gasteiger partial charge in [0, 0.05) is 18.1 Å².